The minimum absolute atomic E-state index is 0.0783. The van der Waals surface area contributed by atoms with Gasteiger partial charge in [-0.2, -0.15) is 0 Å². The molecule has 1 aliphatic carbocycles. The van der Waals surface area contributed by atoms with Gasteiger partial charge in [0.2, 0.25) is 6.10 Å². The molecule has 0 radical (unpaired) electrons. The Balaban J connectivity index is 1.55. The lowest BCUT2D eigenvalue weighted by atomic mass is 10.1. The van der Waals surface area contributed by atoms with E-state index in [1.54, 1.807) is 12.1 Å². The van der Waals surface area contributed by atoms with Crippen molar-refractivity contribution in [3.8, 4) is 5.75 Å². The van der Waals surface area contributed by atoms with Crippen LogP contribution in [-0.2, 0) is 14.3 Å². The molecule has 0 spiro atoms. The first-order valence-electron chi connectivity index (χ1n) is 8.45. The summed E-state index contributed by atoms with van der Waals surface area (Å²) in [6.07, 6.45) is 1.11. The van der Waals surface area contributed by atoms with Crippen LogP contribution in [0.3, 0.4) is 0 Å². The van der Waals surface area contributed by atoms with E-state index in [1.807, 2.05) is 48.5 Å². The molecular weight excluding hydrogens is 318 g/mol. The van der Waals surface area contributed by atoms with Crippen molar-refractivity contribution in [2.24, 2.45) is 0 Å². The lowest BCUT2D eigenvalue weighted by Crippen LogP contribution is -2.33. The molecule has 3 rings (SSSR count). The molecule has 0 aromatic heterocycles. The largest absolute Gasteiger partial charge is 0.493 e. The Morgan fingerprint density at radius 2 is 1.64 bits per heavy atom. The molecule has 1 amide bonds. The minimum Gasteiger partial charge on any atom is -0.493 e. The van der Waals surface area contributed by atoms with Crippen LogP contribution in [0.1, 0.15) is 30.9 Å². The molecule has 1 N–H and O–H groups in total. The molecule has 0 aliphatic heterocycles. The zero-order chi connectivity index (χ0) is 17.5. The highest BCUT2D eigenvalue weighted by molar-refractivity contribution is 5.85. The Morgan fingerprint density at radius 1 is 1.00 bits per heavy atom. The normalized spacial score (nSPS) is 14.4. The number of carbonyl (C=O) groups excluding carboxylic acids is 2. The van der Waals surface area contributed by atoms with Crippen molar-refractivity contribution in [2.75, 3.05) is 6.61 Å². The first kappa shape index (κ1) is 17.0. The molecular formula is C20H21NO4. The van der Waals surface area contributed by atoms with Crippen molar-refractivity contribution in [1.82, 2.24) is 5.32 Å². The summed E-state index contributed by atoms with van der Waals surface area (Å²) in [7, 11) is 0. The molecule has 5 nitrogen and oxygen atoms in total. The molecule has 2 aromatic rings. The van der Waals surface area contributed by atoms with Gasteiger partial charge in [0.25, 0.3) is 5.91 Å². The zero-order valence-electron chi connectivity index (χ0n) is 13.9. The van der Waals surface area contributed by atoms with E-state index in [0.717, 1.165) is 12.8 Å². The van der Waals surface area contributed by atoms with Gasteiger partial charge in [-0.05, 0) is 25.0 Å². The van der Waals surface area contributed by atoms with Crippen LogP contribution in [0, 0.1) is 0 Å². The monoisotopic (exact) mass is 339 g/mol. The van der Waals surface area contributed by atoms with Gasteiger partial charge in [-0.15, -0.1) is 0 Å². The molecule has 0 unspecified atom stereocenters. The summed E-state index contributed by atoms with van der Waals surface area (Å²) in [5.74, 6) is -0.0388. The second kappa shape index (κ2) is 8.33. The van der Waals surface area contributed by atoms with Crippen molar-refractivity contribution in [3.63, 3.8) is 0 Å². The predicted octanol–water partition coefficient (Wildman–Crippen LogP) is 3.02. The third kappa shape index (κ3) is 5.35. The standard InChI is InChI=1S/C20H21NO4/c22-18(13-14-24-17-9-5-2-6-10-17)25-19(15-7-3-1-4-8-15)20(23)21-16-11-12-16/h1-10,16,19H,11-14H2,(H,21,23)/t19-/m0/s1. The maximum atomic E-state index is 12.4. The van der Waals surface area contributed by atoms with Gasteiger partial charge in [0.1, 0.15) is 5.75 Å². The number of nitrogens with one attached hydrogen (secondary N) is 1. The van der Waals surface area contributed by atoms with Crippen LogP contribution < -0.4 is 10.1 Å². The summed E-state index contributed by atoms with van der Waals surface area (Å²) >= 11 is 0. The molecule has 0 heterocycles. The lowest BCUT2D eigenvalue weighted by molar-refractivity contribution is -0.157. The lowest BCUT2D eigenvalue weighted by Gasteiger charge is -2.18. The highest BCUT2D eigenvalue weighted by Gasteiger charge is 2.30. The number of amides is 1. The van der Waals surface area contributed by atoms with E-state index in [-0.39, 0.29) is 25.0 Å². The SMILES string of the molecule is O=C(CCOc1ccccc1)O[C@H](C(=O)NC1CC1)c1ccccc1. The van der Waals surface area contributed by atoms with Crippen LogP contribution in [-0.4, -0.2) is 24.5 Å². The number of esters is 1. The number of ether oxygens (including phenoxy) is 2. The second-order valence-electron chi connectivity index (χ2n) is 5.97. The first-order chi connectivity index (χ1) is 12.2. The van der Waals surface area contributed by atoms with E-state index in [9.17, 15) is 9.59 Å². The van der Waals surface area contributed by atoms with Crippen molar-refractivity contribution >= 4 is 11.9 Å². The van der Waals surface area contributed by atoms with Crippen LogP contribution in [0.2, 0.25) is 0 Å². The van der Waals surface area contributed by atoms with E-state index in [2.05, 4.69) is 5.32 Å². The molecule has 1 fully saturated rings. The number of rotatable bonds is 8. The van der Waals surface area contributed by atoms with E-state index < -0.39 is 12.1 Å². The molecule has 1 atom stereocenters. The smallest absolute Gasteiger partial charge is 0.310 e. The second-order valence-corrected chi connectivity index (χ2v) is 5.97. The molecule has 1 aliphatic rings. The molecule has 0 saturated heterocycles. The summed E-state index contributed by atoms with van der Waals surface area (Å²) in [5.41, 5.74) is 0.665. The fraction of sp³-hybridized carbons (Fsp3) is 0.300. The van der Waals surface area contributed by atoms with Crippen molar-refractivity contribution < 1.29 is 19.1 Å². The molecule has 25 heavy (non-hydrogen) atoms. The summed E-state index contributed by atoms with van der Waals surface area (Å²) in [5, 5.41) is 2.89. The first-order valence-corrected chi connectivity index (χ1v) is 8.45. The van der Waals surface area contributed by atoms with Gasteiger partial charge in [0, 0.05) is 11.6 Å². The fourth-order valence-corrected chi connectivity index (χ4v) is 2.36. The van der Waals surface area contributed by atoms with Crippen LogP contribution in [0.5, 0.6) is 5.75 Å². The van der Waals surface area contributed by atoms with Crippen molar-refractivity contribution in [2.45, 2.75) is 31.4 Å². The Kier molecular flexibility index (Phi) is 5.67. The minimum atomic E-state index is -0.925. The predicted molar refractivity (Wildman–Crippen MR) is 93.0 cm³/mol. The summed E-state index contributed by atoms with van der Waals surface area (Å²) in [6.45, 7) is 0.203. The number of benzene rings is 2. The van der Waals surface area contributed by atoms with Crippen molar-refractivity contribution in [1.29, 1.82) is 0 Å². The topological polar surface area (TPSA) is 64.6 Å². The summed E-state index contributed by atoms with van der Waals surface area (Å²) in [4.78, 5) is 24.5. The van der Waals surface area contributed by atoms with E-state index in [4.69, 9.17) is 9.47 Å². The summed E-state index contributed by atoms with van der Waals surface area (Å²) < 4.78 is 10.9. The number of para-hydroxylation sites is 1. The highest BCUT2D eigenvalue weighted by Crippen LogP contribution is 2.23. The Bertz CT molecular complexity index is 698. The number of hydrogen-bond donors (Lipinski definition) is 1. The van der Waals surface area contributed by atoms with Gasteiger partial charge in [0.15, 0.2) is 0 Å². The summed E-state index contributed by atoms with van der Waals surface area (Å²) in [6, 6.07) is 18.5. The van der Waals surface area contributed by atoms with E-state index in [0.29, 0.717) is 11.3 Å². The van der Waals surface area contributed by atoms with Gasteiger partial charge in [-0.3, -0.25) is 9.59 Å². The van der Waals surface area contributed by atoms with Crippen LogP contribution in [0.15, 0.2) is 60.7 Å². The van der Waals surface area contributed by atoms with E-state index in [1.165, 1.54) is 0 Å². The van der Waals surface area contributed by atoms with Crippen LogP contribution >= 0.6 is 0 Å². The molecule has 0 bridgehead atoms. The van der Waals surface area contributed by atoms with Gasteiger partial charge >= 0.3 is 5.97 Å². The maximum Gasteiger partial charge on any atom is 0.310 e. The van der Waals surface area contributed by atoms with Crippen molar-refractivity contribution in [3.05, 3.63) is 66.2 Å². The molecule has 2 aromatic carbocycles. The average molecular weight is 339 g/mol. The van der Waals surface area contributed by atoms with Gasteiger partial charge in [0.05, 0.1) is 13.0 Å². The Hall–Kier alpha value is -2.82. The van der Waals surface area contributed by atoms with Crippen LogP contribution in [0.4, 0.5) is 0 Å². The number of hydrogen-bond acceptors (Lipinski definition) is 4. The van der Waals surface area contributed by atoms with Crippen LogP contribution in [0.25, 0.3) is 0 Å². The number of carbonyl (C=O) groups is 2. The molecule has 1 saturated carbocycles. The van der Waals surface area contributed by atoms with Gasteiger partial charge < -0.3 is 14.8 Å². The third-order valence-electron chi connectivity index (χ3n) is 3.83. The van der Waals surface area contributed by atoms with E-state index >= 15 is 0 Å². The zero-order valence-corrected chi connectivity index (χ0v) is 13.9. The quantitative estimate of drug-likeness (QED) is 0.751. The molecule has 130 valence electrons. The van der Waals surface area contributed by atoms with Gasteiger partial charge in [-0.1, -0.05) is 48.5 Å². The fourth-order valence-electron chi connectivity index (χ4n) is 2.36. The average Bonchev–Trinajstić information content (AvgIpc) is 3.45. The molecule has 5 heteroatoms. The third-order valence-corrected chi connectivity index (χ3v) is 3.83. The van der Waals surface area contributed by atoms with Gasteiger partial charge in [-0.25, -0.2) is 0 Å². The maximum absolute atomic E-state index is 12.4. The highest BCUT2D eigenvalue weighted by atomic mass is 16.6. The Morgan fingerprint density at radius 3 is 2.28 bits per heavy atom. The Labute approximate surface area is 147 Å².